The highest BCUT2D eigenvalue weighted by molar-refractivity contribution is 7.67. The van der Waals surface area contributed by atoms with Crippen LogP contribution in [0.25, 0.3) is 0 Å². The molecule has 1 aromatic carbocycles. The normalized spacial score (nSPS) is 21.6. The average Bonchev–Trinajstić information content (AvgIpc) is 3.13. The van der Waals surface area contributed by atoms with Crippen LogP contribution in [0.1, 0.15) is 63.9 Å². The fourth-order valence-electron chi connectivity index (χ4n) is 4.02. The molecule has 0 atom stereocenters. The Balaban J connectivity index is 1.87. The number of benzene rings is 1. The number of rotatable bonds is 4. The molecule has 0 aliphatic heterocycles. The molecule has 0 aromatic heterocycles. The van der Waals surface area contributed by atoms with Crippen LogP contribution < -0.4 is 5.30 Å². The highest BCUT2D eigenvalue weighted by atomic mass is 31.1. The summed E-state index contributed by atoms with van der Waals surface area (Å²) >= 11 is 0. The zero-order valence-corrected chi connectivity index (χ0v) is 13.2. The molecule has 2 aliphatic carbocycles. The Hall–Kier alpha value is -0.350. The van der Waals surface area contributed by atoms with Gasteiger partial charge in [0.1, 0.15) is 0 Å². The van der Waals surface area contributed by atoms with Gasteiger partial charge in [0.25, 0.3) is 0 Å². The molecule has 1 aromatic rings. The van der Waals surface area contributed by atoms with Crippen LogP contribution >= 0.6 is 7.92 Å². The molecule has 0 saturated heterocycles. The van der Waals surface area contributed by atoms with Crippen LogP contribution in [0.15, 0.2) is 24.3 Å². The van der Waals surface area contributed by atoms with E-state index < -0.39 is 0 Å². The lowest BCUT2D eigenvalue weighted by Crippen LogP contribution is -2.19. The van der Waals surface area contributed by atoms with Gasteiger partial charge in [-0.05, 0) is 54.3 Å². The monoisotopic (exact) mass is 274 g/mol. The molecule has 0 bridgehead atoms. The van der Waals surface area contributed by atoms with Crippen LogP contribution in [0.4, 0.5) is 0 Å². The van der Waals surface area contributed by atoms with E-state index >= 15 is 0 Å². The molecule has 1 heteroatoms. The summed E-state index contributed by atoms with van der Waals surface area (Å²) in [5, 5.41) is 1.73. The Kier molecular flexibility index (Phi) is 4.59. The molecule has 2 saturated carbocycles. The fraction of sp³-hybridized carbons (Fsp3) is 0.667. The molecule has 19 heavy (non-hydrogen) atoms. The zero-order chi connectivity index (χ0) is 13.1. The minimum atomic E-state index is 0.120. The van der Waals surface area contributed by atoms with E-state index in [1.807, 2.05) is 0 Å². The average molecular weight is 274 g/mol. The van der Waals surface area contributed by atoms with Crippen molar-refractivity contribution in [2.75, 3.05) is 0 Å². The summed E-state index contributed by atoms with van der Waals surface area (Å²) in [5.41, 5.74) is 3.64. The van der Waals surface area contributed by atoms with Crippen molar-refractivity contribution in [1.82, 2.24) is 0 Å². The second-order valence-electron chi connectivity index (χ2n) is 6.31. The van der Waals surface area contributed by atoms with E-state index in [-0.39, 0.29) is 7.92 Å². The third kappa shape index (κ3) is 3.05. The van der Waals surface area contributed by atoms with Crippen LogP contribution in [0, 0.1) is 0 Å². The van der Waals surface area contributed by atoms with Crippen molar-refractivity contribution in [3.8, 4) is 0 Å². The van der Waals surface area contributed by atoms with Crippen molar-refractivity contribution in [3.63, 3.8) is 0 Å². The fourth-order valence-corrected chi connectivity index (χ4v) is 7.88. The van der Waals surface area contributed by atoms with Gasteiger partial charge in [-0.25, -0.2) is 0 Å². The van der Waals surface area contributed by atoms with Crippen LogP contribution in [-0.4, -0.2) is 11.3 Å². The predicted octanol–water partition coefficient (Wildman–Crippen LogP) is 5.24. The lowest BCUT2D eigenvalue weighted by molar-refractivity contribution is 0.835. The lowest BCUT2D eigenvalue weighted by Gasteiger charge is -2.30. The first-order valence-electron chi connectivity index (χ1n) is 8.26. The Labute approximate surface area is 119 Å². The number of hydrogen-bond donors (Lipinski definition) is 0. The minimum absolute atomic E-state index is 0.120. The molecular weight excluding hydrogens is 247 g/mol. The van der Waals surface area contributed by atoms with Crippen molar-refractivity contribution in [2.45, 2.75) is 76.0 Å². The molecule has 0 spiro atoms. The van der Waals surface area contributed by atoms with E-state index in [4.69, 9.17) is 0 Å². The molecule has 2 fully saturated rings. The summed E-state index contributed by atoms with van der Waals surface area (Å²) in [6.45, 7) is 2.28. The third-order valence-corrected chi connectivity index (χ3v) is 8.53. The van der Waals surface area contributed by atoms with Crippen LogP contribution in [0.2, 0.25) is 0 Å². The van der Waals surface area contributed by atoms with Gasteiger partial charge >= 0.3 is 0 Å². The molecule has 0 N–H and O–H groups in total. The van der Waals surface area contributed by atoms with Gasteiger partial charge in [-0.15, -0.1) is 0 Å². The molecule has 0 heterocycles. The van der Waals surface area contributed by atoms with Crippen molar-refractivity contribution in [3.05, 3.63) is 29.8 Å². The summed E-state index contributed by atoms with van der Waals surface area (Å²) < 4.78 is 0. The minimum Gasteiger partial charge on any atom is -0.0690 e. The molecular formula is C18H27P. The number of aryl methyl sites for hydroxylation is 1. The maximum atomic E-state index is 2.54. The largest absolute Gasteiger partial charge is 0.0690 e. The van der Waals surface area contributed by atoms with Gasteiger partial charge in [0.2, 0.25) is 0 Å². The summed E-state index contributed by atoms with van der Waals surface area (Å²) in [4.78, 5) is 0. The first-order valence-corrected chi connectivity index (χ1v) is 9.74. The number of hydrogen-bond acceptors (Lipinski definition) is 0. The summed E-state index contributed by atoms with van der Waals surface area (Å²) in [7, 11) is 0.120. The van der Waals surface area contributed by atoms with Gasteiger partial charge in [0.15, 0.2) is 0 Å². The Morgan fingerprint density at radius 3 is 2.05 bits per heavy atom. The quantitative estimate of drug-likeness (QED) is 0.658. The second kappa shape index (κ2) is 6.40. The van der Waals surface area contributed by atoms with Gasteiger partial charge in [0.05, 0.1) is 0 Å². The van der Waals surface area contributed by atoms with Crippen LogP contribution in [0.5, 0.6) is 0 Å². The highest BCUT2D eigenvalue weighted by Crippen LogP contribution is 2.56. The highest BCUT2D eigenvalue weighted by Gasteiger charge is 2.33. The molecule has 0 nitrogen and oxygen atoms in total. The van der Waals surface area contributed by atoms with Crippen molar-refractivity contribution in [1.29, 1.82) is 0 Å². The summed E-state index contributed by atoms with van der Waals surface area (Å²) in [6.07, 6.45) is 13.2. The maximum Gasteiger partial charge on any atom is -0.0166 e. The smallest absolute Gasteiger partial charge is 0.0166 e. The van der Waals surface area contributed by atoms with Crippen molar-refractivity contribution >= 4 is 13.2 Å². The summed E-state index contributed by atoms with van der Waals surface area (Å²) in [5.74, 6) is 0. The van der Waals surface area contributed by atoms with Crippen molar-refractivity contribution in [2.24, 2.45) is 0 Å². The molecule has 0 unspecified atom stereocenters. The van der Waals surface area contributed by atoms with Gasteiger partial charge in [-0.2, -0.15) is 0 Å². The Bertz CT molecular complexity index is 384. The van der Waals surface area contributed by atoms with Gasteiger partial charge in [0, 0.05) is 0 Å². The lowest BCUT2D eigenvalue weighted by atomic mass is 10.2. The third-order valence-electron chi connectivity index (χ3n) is 5.05. The topological polar surface area (TPSA) is 0 Å². The molecule has 0 radical (unpaired) electrons. The standard InChI is InChI=1S/C18H27P/c1-2-15-8-7-13-18(14-15)19(16-9-3-4-10-16)17-11-5-6-12-17/h7-8,13-14,16-17H,2-6,9-12H2,1H3. The first-order chi connectivity index (χ1) is 9.38. The van der Waals surface area contributed by atoms with Gasteiger partial charge < -0.3 is 0 Å². The van der Waals surface area contributed by atoms with Gasteiger partial charge in [-0.3, -0.25) is 0 Å². The Morgan fingerprint density at radius 2 is 1.53 bits per heavy atom. The summed E-state index contributed by atoms with van der Waals surface area (Å²) in [6, 6.07) is 9.61. The van der Waals surface area contributed by atoms with Crippen molar-refractivity contribution < 1.29 is 0 Å². The maximum absolute atomic E-state index is 2.54. The van der Waals surface area contributed by atoms with E-state index in [9.17, 15) is 0 Å². The molecule has 0 amide bonds. The van der Waals surface area contributed by atoms with Crippen LogP contribution in [0.3, 0.4) is 0 Å². The molecule has 104 valence electrons. The van der Waals surface area contributed by atoms with E-state index in [2.05, 4.69) is 31.2 Å². The SMILES string of the molecule is CCc1cccc(P(C2CCCC2)C2CCCC2)c1. The predicted molar refractivity (Wildman–Crippen MR) is 86.9 cm³/mol. The van der Waals surface area contributed by atoms with Gasteiger partial charge in [-0.1, -0.05) is 64.8 Å². The van der Waals surface area contributed by atoms with E-state index in [0.717, 1.165) is 11.3 Å². The first kappa shape index (κ1) is 13.6. The molecule has 2 aliphatic rings. The second-order valence-corrected chi connectivity index (χ2v) is 9.10. The van der Waals surface area contributed by atoms with E-state index in [1.54, 1.807) is 10.9 Å². The van der Waals surface area contributed by atoms with E-state index in [0.29, 0.717) is 0 Å². The zero-order valence-electron chi connectivity index (χ0n) is 12.3. The van der Waals surface area contributed by atoms with Crippen LogP contribution in [-0.2, 0) is 6.42 Å². The molecule has 3 rings (SSSR count). The Morgan fingerprint density at radius 1 is 0.947 bits per heavy atom. The van der Waals surface area contributed by atoms with E-state index in [1.165, 1.54) is 57.8 Å².